The molecule has 0 saturated heterocycles. The molecule has 0 spiro atoms. The first-order chi connectivity index (χ1) is 9.06. The summed E-state index contributed by atoms with van der Waals surface area (Å²) in [7, 11) is 0. The number of aromatic amines is 1. The molecule has 0 radical (unpaired) electrons. The summed E-state index contributed by atoms with van der Waals surface area (Å²) in [4.78, 5) is 13.8. The van der Waals surface area contributed by atoms with Crippen molar-refractivity contribution in [1.82, 2.24) is 4.98 Å². The van der Waals surface area contributed by atoms with Gasteiger partial charge in [0.25, 0.3) is 0 Å². The summed E-state index contributed by atoms with van der Waals surface area (Å²) in [6.07, 6.45) is 6.35. The molecule has 104 valence electrons. The Balaban J connectivity index is 1.96. The van der Waals surface area contributed by atoms with Gasteiger partial charge in [0.1, 0.15) is 0 Å². The molecule has 1 N–H and O–H groups in total. The second kappa shape index (κ2) is 6.20. The number of pyridine rings is 1. The number of H-pyrrole nitrogens is 1. The number of aromatic nitrogens is 1. The van der Waals surface area contributed by atoms with Crippen molar-refractivity contribution >= 4 is 0 Å². The van der Waals surface area contributed by atoms with E-state index in [0.29, 0.717) is 17.9 Å². The first-order valence-electron chi connectivity index (χ1n) is 7.05. The molecule has 3 nitrogen and oxygen atoms in total. The van der Waals surface area contributed by atoms with Gasteiger partial charge in [0, 0.05) is 12.3 Å². The third-order valence-corrected chi connectivity index (χ3v) is 3.88. The summed E-state index contributed by atoms with van der Waals surface area (Å²) in [6.45, 7) is 7.39. The average Bonchev–Trinajstić information content (AvgIpc) is 2.39. The molecule has 1 aliphatic heterocycles. The van der Waals surface area contributed by atoms with Gasteiger partial charge in [-0.15, -0.1) is 0 Å². The van der Waals surface area contributed by atoms with Gasteiger partial charge in [-0.05, 0) is 30.2 Å². The van der Waals surface area contributed by atoms with Crippen molar-refractivity contribution in [3.05, 3.63) is 45.9 Å². The fraction of sp³-hybridized carbons (Fsp3) is 0.562. The van der Waals surface area contributed by atoms with Gasteiger partial charge in [0.15, 0.2) is 0 Å². The number of rotatable bonds is 4. The standard InChI is InChI=1S/C16H23NO2/c1-11(2)13-6-7-19-15(9-13)8-12(3)14-4-5-16(18)17-10-14/h4-6,10-12,15H,7-9H2,1-3H3,(H,17,18). The lowest BCUT2D eigenvalue weighted by Gasteiger charge is -2.27. The summed E-state index contributed by atoms with van der Waals surface area (Å²) in [5, 5.41) is 0. The monoisotopic (exact) mass is 261 g/mol. The molecule has 1 aliphatic rings. The van der Waals surface area contributed by atoms with Crippen LogP contribution in [0.5, 0.6) is 0 Å². The highest BCUT2D eigenvalue weighted by Gasteiger charge is 2.20. The highest BCUT2D eigenvalue weighted by molar-refractivity contribution is 5.15. The van der Waals surface area contributed by atoms with Gasteiger partial charge in [0.2, 0.25) is 5.56 Å². The van der Waals surface area contributed by atoms with Crippen LogP contribution in [-0.2, 0) is 4.74 Å². The minimum atomic E-state index is -0.0464. The molecule has 0 amide bonds. The van der Waals surface area contributed by atoms with E-state index in [1.807, 2.05) is 12.3 Å². The van der Waals surface area contributed by atoms with Crippen LogP contribution >= 0.6 is 0 Å². The van der Waals surface area contributed by atoms with Gasteiger partial charge in [-0.2, -0.15) is 0 Å². The summed E-state index contributed by atoms with van der Waals surface area (Å²) in [5.41, 5.74) is 2.63. The number of nitrogens with one attached hydrogen (secondary N) is 1. The molecule has 1 aromatic rings. The molecule has 1 aromatic heterocycles. The van der Waals surface area contributed by atoms with E-state index >= 15 is 0 Å². The maximum Gasteiger partial charge on any atom is 0.247 e. The Labute approximate surface area is 114 Å². The second-order valence-corrected chi connectivity index (χ2v) is 5.72. The molecule has 0 aliphatic carbocycles. The maximum atomic E-state index is 11.1. The van der Waals surface area contributed by atoms with Crippen LogP contribution in [0.25, 0.3) is 0 Å². The largest absolute Gasteiger partial charge is 0.374 e. The lowest BCUT2D eigenvalue weighted by molar-refractivity contribution is 0.0516. The molecule has 19 heavy (non-hydrogen) atoms. The summed E-state index contributed by atoms with van der Waals surface area (Å²) < 4.78 is 5.83. The predicted octanol–water partition coefficient (Wildman–Crippen LogP) is 3.24. The first-order valence-corrected chi connectivity index (χ1v) is 7.05. The van der Waals surface area contributed by atoms with Crippen LogP contribution < -0.4 is 5.56 Å². The normalized spacial score (nSPS) is 21.3. The Hall–Kier alpha value is -1.35. The fourth-order valence-corrected chi connectivity index (χ4v) is 2.58. The van der Waals surface area contributed by atoms with Crippen LogP contribution in [0.4, 0.5) is 0 Å². The van der Waals surface area contributed by atoms with Crippen molar-refractivity contribution in [3.63, 3.8) is 0 Å². The van der Waals surface area contributed by atoms with Crippen LogP contribution in [0.1, 0.15) is 45.1 Å². The molecular formula is C16H23NO2. The third-order valence-electron chi connectivity index (χ3n) is 3.88. The Bertz CT molecular complexity index is 481. The molecule has 2 heterocycles. The van der Waals surface area contributed by atoms with Gasteiger partial charge in [-0.3, -0.25) is 4.79 Å². The van der Waals surface area contributed by atoms with E-state index in [1.54, 1.807) is 6.07 Å². The second-order valence-electron chi connectivity index (χ2n) is 5.72. The fourth-order valence-electron chi connectivity index (χ4n) is 2.58. The van der Waals surface area contributed by atoms with E-state index in [2.05, 4.69) is 31.8 Å². The van der Waals surface area contributed by atoms with Crippen LogP contribution in [0, 0.1) is 5.92 Å². The Kier molecular flexibility index (Phi) is 4.59. The molecule has 0 saturated carbocycles. The first kappa shape index (κ1) is 14.1. The Morgan fingerprint density at radius 1 is 1.37 bits per heavy atom. The summed E-state index contributed by atoms with van der Waals surface area (Å²) in [5.74, 6) is 1.00. The van der Waals surface area contributed by atoms with Crippen molar-refractivity contribution in [1.29, 1.82) is 0 Å². The van der Waals surface area contributed by atoms with Crippen molar-refractivity contribution < 1.29 is 4.74 Å². The van der Waals surface area contributed by atoms with Gasteiger partial charge in [0.05, 0.1) is 12.7 Å². The van der Waals surface area contributed by atoms with Gasteiger partial charge >= 0.3 is 0 Å². The van der Waals surface area contributed by atoms with Crippen molar-refractivity contribution in [2.45, 2.75) is 45.6 Å². The molecule has 0 bridgehead atoms. The van der Waals surface area contributed by atoms with Crippen molar-refractivity contribution in [2.75, 3.05) is 6.61 Å². The minimum absolute atomic E-state index is 0.0464. The zero-order valence-electron chi connectivity index (χ0n) is 12.0. The summed E-state index contributed by atoms with van der Waals surface area (Å²) in [6, 6.07) is 3.50. The van der Waals surface area contributed by atoms with Gasteiger partial charge in [-0.1, -0.05) is 38.5 Å². The average molecular weight is 261 g/mol. The highest BCUT2D eigenvalue weighted by Crippen LogP contribution is 2.28. The van der Waals surface area contributed by atoms with E-state index in [1.165, 1.54) is 11.1 Å². The lowest BCUT2D eigenvalue weighted by atomic mass is 9.89. The van der Waals surface area contributed by atoms with E-state index in [4.69, 9.17) is 4.74 Å². The van der Waals surface area contributed by atoms with Crippen LogP contribution in [0.2, 0.25) is 0 Å². The van der Waals surface area contributed by atoms with E-state index in [9.17, 15) is 4.79 Å². The molecule has 3 heteroatoms. The van der Waals surface area contributed by atoms with Crippen LogP contribution in [-0.4, -0.2) is 17.7 Å². The van der Waals surface area contributed by atoms with Crippen molar-refractivity contribution in [3.8, 4) is 0 Å². The van der Waals surface area contributed by atoms with Crippen molar-refractivity contribution in [2.24, 2.45) is 5.92 Å². The molecular weight excluding hydrogens is 238 g/mol. The Morgan fingerprint density at radius 3 is 2.79 bits per heavy atom. The molecule has 0 aromatic carbocycles. The third kappa shape index (κ3) is 3.80. The van der Waals surface area contributed by atoms with E-state index in [0.717, 1.165) is 19.4 Å². The molecule has 2 unspecified atom stereocenters. The van der Waals surface area contributed by atoms with Crippen LogP contribution in [0.3, 0.4) is 0 Å². The number of hydrogen-bond acceptors (Lipinski definition) is 2. The summed E-state index contributed by atoms with van der Waals surface area (Å²) >= 11 is 0. The van der Waals surface area contributed by atoms with E-state index in [-0.39, 0.29) is 5.56 Å². The van der Waals surface area contributed by atoms with Gasteiger partial charge < -0.3 is 9.72 Å². The quantitative estimate of drug-likeness (QED) is 0.845. The predicted molar refractivity (Wildman–Crippen MR) is 77.4 cm³/mol. The molecule has 2 rings (SSSR count). The lowest BCUT2D eigenvalue weighted by Crippen LogP contribution is -2.22. The Morgan fingerprint density at radius 2 is 2.16 bits per heavy atom. The SMILES string of the molecule is CC(C)C1=CCOC(CC(C)c2ccc(=O)[nH]c2)C1. The topological polar surface area (TPSA) is 42.1 Å². The number of hydrogen-bond donors (Lipinski definition) is 1. The highest BCUT2D eigenvalue weighted by atomic mass is 16.5. The molecule has 2 atom stereocenters. The van der Waals surface area contributed by atoms with E-state index < -0.39 is 0 Å². The zero-order chi connectivity index (χ0) is 13.8. The van der Waals surface area contributed by atoms with Crippen LogP contribution in [0.15, 0.2) is 34.8 Å². The maximum absolute atomic E-state index is 11.1. The number of ether oxygens (including phenoxy) is 1. The minimum Gasteiger partial charge on any atom is -0.374 e. The zero-order valence-corrected chi connectivity index (χ0v) is 12.0. The smallest absolute Gasteiger partial charge is 0.247 e. The van der Waals surface area contributed by atoms with Gasteiger partial charge in [-0.25, -0.2) is 0 Å². The molecule has 0 fully saturated rings.